The van der Waals surface area contributed by atoms with Crippen molar-refractivity contribution in [2.75, 3.05) is 0 Å². The molecule has 0 spiro atoms. The Balaban J connectivity index is 2.79. The van der Waals surface area contributed by atoms with Gasteiger partial charge in [0, 0.05) is 17.6 Å². The van der Waals surface area contributed by atoms with E-state index < -0.39 is 12.0 Å². The Morgan fingerprint density at radius 3 is 2.67 bits per heavy atom. The van der Waals surface area contributed by atoms with Crippen LogP contribution in [0.2, 0.25) is 0 Å². The molecule has 15 heavy (non-hydrogen) atoms. The van der Waals surface area contributed by atoms with Crippen LogP contribution in [0.3, 0.4) is 0 Å². The minimum absolute atomic E-state index is 0.309. The summed E-state index contributed by atoms with van der Waals surface area (Å²) in [5.74, 6) is -1.12. The van der Waals surface area contributed by atoms with Crippen molar-refractivity contribution in [1.82, 2.24) is 9.97 Å². The Morgan fingerprint density at radius 2 is 2.13 bits per heavy atom. The molecule has 1 aromatic heterocycles. The lowest BCUT2D eigenvalue weighted by Gasteiger charge is -2.06. The van der Waals surface area contributed by atoms with Gasteiger partial charge in [-0.1, -0.05) is 6.58 Å². The highest BCUT2D eigenvalue weighted by Crippen LogP contribution is 2.25. The fraction of sp³-hybridized carbons (Fsp3) is 0.333. The molecule has 0 saturated heterocycles. The van der Waals surface area contributed by atoms with E-state index in [1.165, 1.54) is 6.07 Å². The van der Waals surface area contributed by atoms with Gasteiger partial charge in [0.15, 0.2) is 0 Å². The van der Waals surface area contributed by atoms with Gasteiger partial charge >= 0.3 is 6.18 Å². The third-order valence-corrected chi connectivity index (χ3v) is 1.67. The second-order valence-electron chi connectivity index (χ2n) is 3.03. The van der Waals surface area contributed by atoms with Crippen LogP contribution in [-0.2, 0) is 12.6 Å². The Bertz CT molecular complexity index is 360. The summed E-state index contributed by atoms with van der Waals surface area (Å²) in [6.45, 7) is 3.45. The van der Waals surface area contributed by atoms with E-state index >= 15 is 0 Å². The number of rotatable bonds is 3. The van der Waals surface area contributed by atoms with E-state index in [1.54, 1.807) is 0 Å². The van der Waals surface area contributed by atoms with Crippen molar-refractivity contribution in [3.8, 4) is 0 Å². The third kappa shape index (κ3) is 3.57. The first-order valence-electron chi connectivity index (χ1n) is 4.22. The number of nitrogens with zero attached hydrogens (tertiary/aromatic N) is 2. The molecule has 0 atom stereocenters. The fourth-order valence-electron chi connectivity index (χ4n) is 0.961. The summed E-state index contributed by atoms with van der Waals surface area (Å²) in [6, 6.07) is 1.43. The molecule has 0 unspecified atom stereocenters. The maximum Gasteiger partial charge on any atom is 0.451 e. The summed E-state index contributed by atoms with van der Waals surface area (Å²) < 4.78 is 36.6. The molecule has 1 heterocycles. The van der Waals surface area contributed by atoms with Crippen LogP contribution < -0.4 is 5.73 Å². The van der Waals surface area contributed by atoms with E-state index in [-0.39, 0.29) is 0 Å². The molecule has 6 heteroatoms. The van der Waals surface area contributed by atoms with Crippen LogP contribution in [0.1, 0.15) is 17.9 Å². The summed E-state index contributed by atoms with van der Waals surface area (Å²) >= 11 is 0. The Hall–Kier alpha value is -1.59. The van der Waals surface area contributed by atoms with Crippen molar-refractivity contribution in [3.63, 3.8) is 0 Å². The summed E-state index contributed by atoms with van der Waals surface area (Å²) in [6.07, 6.45) is -2.67. The first kappa shape index (κ1) is 11.5. The van der Waals surface area contributed by atoms with Gasteiger partial charge in [0.25, 0.3) is 0 Å². The zero-order valence-electron chi connectivity index (χ0n) is 7.88. The second kappa shape index (κ2) is 4.29. The minimum Gasteiger partial charge on any atom is -0.403 e. The first-order chi connectivity index (χ1) is 6.89. The fourth-order valence-corrected chi connectivity index (χ4v) is 0.961. The molecule has 0 amide bonds. The van der Waals surface area contributed by atoms with Crippen molar-refractivity contribution in [2.24, 2.45) is 5.73 Å². The predicted octanol–water partition coefficient (Wildman–Crippen LogP) is 1.90. The summed E-state index contributed by atoms with van der Waals surface area (Å²) in [5.41, 5.74) is 6.03. The highest BCUT2D eigenvalue weighted by Gasteiger charge is 2.34. The van der Waals surface area contributed by atoms with Gasteiger partial charge in [-0.3, -0.25) is 0 Å². The minimum atomic E-state index is -4.50. The van der Waals surface area contributed by atoms with E-state index in [0.29, 0.717) is 24.2 Å². The van der Waals surface area contributed by atoms with Crippen molar-refractivity contribution < 1.29 is 13.2 Å². The molecule has 0 bridgehead atoms. The van der Waals surface area contributed by atoms with Gasteiger partial charge < -0.3 is 5.73 Å². The molecule has 1 rings (SSSR count). The molecular weight excluding hydrogens is 207 g/mol. The quantitative estimate of drug-likeness (QED) is 0.841. The number of alkyl halides is 3. The topological polar surface area (TPSA) is 51.8 Å². The van der Waals surface area contributed by atoms with E-state index in [4.69, 9.17) is 5.73 Å². The SMILES string of the molecule is C=C(N)CCc1ccnc(C(F)(F)F)n1. The molecule has 0 radical (unpaired) electrons. The number of aryl methyl sites for hydroxylation is 1. The Morgan fingerprint density at radius 1 is 1.47 bits per heavy atom. The molecule has 0 aliphatic carbocycles. The highest BCUT2D eigenvalue weighted by molar-refractivity contribution is 5.06. The van der Waals surface area contributed by atoms with Crippen LogP contribution >= 0.6 is 0 Å². The smallest absolute Gasteiger partial charge is 0.403 e. The lowest BCUT2D eigenvalue weighted by Crippen LogP contribution is -2.12. The molecule has 2 N–H and O–H groups in total. The Kier molecular flexibility index (Phi) is 3.28. The zero-order valence-corrected chi connectivity index (χ0v) is 7.88. The van der Waals surface area contributed by atoms with Gasteiger partial charge in [-0.05, 0) is 18.9 Å². The number of hydrogen-bond donors (Lipinski definition) is 1. The maximum atomic E-state index is 12.2. The van der Waals surface area contributed by atoms with Gasteiger partial charge in [-0.15, -0.1) is 0 Å². The molecule has 0 saturated carbocycles. The van der Waals surface area contributed by atoms with Crippen LogP contribution in [0, 0.1) is 0 Å². The van der Waals surface area contributed by atoms with Gasteiger partial charge in [0.2, 0.25) is 5.82 Å². The van der Waals surface area contributed by atoms with Gasteiger partial charge in [0.05, 0.1) is 0 Å². The van der Waals surface area contributed by atoms with E-state index in [9.17, 15) is 13.2 Å². The van der Waals surface area contributed by atoms with Crippen molar-refractivity contribution in [3.05, 3.63) is 36.1 Å². The Labute approximate surface area is 84.8 Å². The zero-order chi connectivity index (χ0) is 11.5. The predicted molar refractivity (Wildman–Crippen MR) is 48.7 cm³/mol. The monoisotopic (exact) mass is 217 g/mol. The first-order valence-corrected chi connectivity index (χ1v) is 4.22. The van der Waals surface area contributed by atoms with Crippen LogP contribution in [0.15, 0.2) is 24.5 Å². The molecule has 82 valence electrons. The maximum absolute atomic E-state index is 12.2. The summed E-state index contributed by atoms with van der Waals surface area (Å²) in [4.78, 5) is 6.53. The number of nitrogens with two attached hydrogens (primary N) is 1. The van der Waals surface area contributed by atoms with Gasteiger partial charge in [-0.25, -0.2) is 9.97 Å². The van der Waals surface area contributed by atoms with E-state index in [1.807, 2.05) is 0 Å². The molecule has 0 aliphatic rings. The number of halogens is 3. The number of allylic oxidation sites excluding steroid dienone is 1. The largest absolute Gasteiger partial charge is 0.451 e. The lowest BCUT2D eigenvalue weighted by molar-refractivity contribution is -0.145. The number of hydrogen-bond acceptors (Lipinski definition) is 3. The van der Waals surface area contributed by atoms with Crippen LogP contribution in [0.5, 0.6) is 0 Å². The molecule has 0 fully saturated rings. The summed E-state index contributed by atoms with van der Waals surface area (Å²) in [7, 11) is 0. The normalized spacial score (nSPS) is 11.4. The van der Waals surface area contributed by atoms with Crippen LogP contribution in [-0.4, -0.2) is 9.97 Å². The van der Waals surface area contributed by atoms with Crippen molar-refractivity contribution in [2.45, 2.75) is 19.0 Å². The van der Waals surface area contributed by atoms with Crippen LogP contribution in [0.25, 0.3) is 0 Å². The van der Waals surface area contributed by atoms with Gasteiger partial charge in [0.1, 0.15) is 0 Å². The lowest BCUT2D eigenvalue weighted by atomic mass is 10.2. The molecule has 3 nitrogen and oxygen atoms in total. The highest BCUT2D eigenvalue weighted by atomic mass is 19.4. The standard InChI is InChI=1S/C9H10F3N3/c1-6(13)2-3-7-4-5-14-8(15-7)9(10,11)12/h4-5H,1-3,13H2. The van der Waals surface area contributed by atoms with Gasteiger partial charge in [-0.2, -0.15) is 13.2 Å². The van der Waals surface area contributed by atoms with Crippen molar-refractivity contribution in [1.29, 1.82) is 0 Å². The van der Waals surface area contributed by atoms with E-state index in [0.717, 1.165) is 6.20 Å². The number of aromatic nitrogens is 2. The van der Waals surface area contributed by atoms with Crippen molar-refractivity contribution >= 4 is 0 Å². The molecular formula is C9H10F3N3. The molecule has 0 aliphatic heterocycles. The molecule has 1 aromatic rings. The second-order valence-corrected chi connectivity index (χ2v) is 3.03. The summed E-state index contributed by atoms with van der Waals surface area (Å²) in [5, 5.41) is 0. The van der Waals surface area contributed by atoms with E-state index in [2.05, 4.69) is 16.5 Å². The average Bonchev–Trinajstić information content (AvgIpc) is 2.14. The average molecular weight is 217 g/mol. The molecule has 0 aromatic carbocycles. The third-order valence-electron chi connectivity index (χ3n) is 1.67. The van der Waals surface area contributed by atoms with Crippen LogP contribution in [0.4, 0.5) is 13.2 Å².